The summed E-state index contributed by atoms with van der Waals surface area (Å²) >= 11 is 0. The average molecular weight is 356 g/mol. The molecule has 0 aliphatic carbocycles. The number of aryl methyl sites for hydroxylation is 2. The molecule has 0 spiro atoms. The number of hydrogen-bond donors (Lipinski definition) is 0. The summed E-state index contributed by atoms with van der Waals surface area (Å²) < 4.78 is 21.6. The first-order valence-electron chi connectivity index (χ1n) is 8.41. The number of benzene rings is 1. The van der Waals surface area contributed by atoms with Gasteiger partial charge in [0, 0.05) is 6.07 Å². The van der Waals surface area contributed by atoms with E-state index in [1.807, 2.05) is 6.92 Å². The summed E-state index contributed by atoms with van der Waals surface area (Å²) in [6.45, 7) is 5.62. The third-order valence-electron chi connectivity index (χ3n) is 4.18. The molecule has 6 nitrogen and oxygen atoms in total. The lowest BCUT2D eigenvalue weighted by atomic mass is 10.0. The van der Waals surface area contributed by atoms with Gasteiger partial charge in [-0.3, -0.25) is 4.79 Å². The Kier molecular flexibility index (Phi) is 4.84. The van der Waals surface area contributed by atoms with E-state index in [9.17, 15) is 9.59 Å². The molecule has 6 heteroatoms. The molecule has 2 heterocycles. The zero-order valence-electron chi connectivity index (χ0n) is 15.2. The lowest BCUT2D eigenvalue weighted by Gasteiger charge is -2.10. The van der Waals surface area contributed by atoms with Crippen molar-refractivity contribution in [3.05, 3.63) is 51.6 Å². The Labute approximate surface area is 150 Å². The smallest absolute Gasteiger partial charge is 0.374 e. The molecule has 0 aliphatic heterocycles. The van der Waals surface area contributed by atoms with Crippen molar-refractivity contribution in [3.8, 4) is 17.1 Å². The van der Waals surface area contributed by atoms with Crippen molar-refractivity contribution in [2.75, 3.05) is 13.7 Å². The number of hydrogen-bond acceptors (Lipinski definition) is 6. The topological polar surface area (TPSA) is 78.9 Å². The standard InChI is InChI=1S/C20H20O6/c1-5-12-9-13-17(10-16(12)23-4)25-11(3)18(19(13)21)14-7-8-15(26-14)20(22)24-6-2/h7-10H,5-6H2,1-4H3. The molecule has 1 aromatic carbocycles. The molecule has 0 atom stereocenters. The molecule has 3 aromatic rings. The van der Waals surface area contributed by atoms with Gasteiger partial charge in [-0.2, -0.15) is 0 Å². The summed E-state index contributed by atoms with van der Waals surface area (Å²) in [6, 6.07) is 6.56. The Hall–Kier alpha value is -3.02. The van der Waals surface area contributed by atoms with Crippen LogP contribution in [0.2, 0.25) is 0 Å². The lowest BCUT2D eigenvalue weighted by molar-refractivity contribution is 0.0491. The zero-order chi connectivity index (χ0) is 18.8. The maximum absolute atomic E-state index is 13.0. The summed E-state index contributed by atoms with van der Waals surface area (Å²) in [6.07, 6.45) is 0.718. The van der Waals surface area contributed by atoms with Crippen molar-refractivity contribution in [1.29, 1.82) is 0 Å². The number of ether oxygens (including phenoxy) is 2. The predicted molar refractivity (Wildman–Crippen MR) is 96.8 cm³/mol. The van der Waals surface area contributed by atoms with Crippen LogP contribution in [0, 0.1) is 6.92 Å². The van der Waals surface area contributed by atoms with E-state index in [0.717, 1.165) is 12.0 Å². The minimum Gasteiger partial charge on any atom is -0.496 e. The highest BCUT2D eigenvalue weighted by Gasteiger charge is 2.20. The summed E-state index contributed by atoms with van der Waals surface area (Å²) in [5.74, 6) is 0.829. The van der Waals surface area contributed by atoms with Crippen LogP contribution >= 0.6 is 0 Å². The highest BCUT2D eigenvalue weighted by molar-refractivity contribution is 5.88. The van der Waals surface area contributed by atoms with Crippen LogP contribution in [0.15, 0.2) is 37.9 Å². The molecule has 0 saturated heterocycles. The quantitative estimate of drug-likeness (QED) is 0.640. The van der Waals surface area contributed by atoms with Crippen molar-refractivity contribution in [2.45, 2.75) is 27.2 Å². The molecule has 0 saturated carbocycles. The molecule has 136 valence electrons. The third kappa shape index (κ3) is 2.98. The number of carbonyl (C=O) groups excluding carboxylic acids is 1. The Balaban J connectivity index is 2.18. The van der Waals surface area contributed by atoms with Crippen LogP contribution in [0.25, 0.3) is 22.3 Å². The molecular weight excluding hydrogens is 336 g/mol. The largest absolute Gasteiger partial charge is 0.496 e. The summed E-state index contributed by atoms with van der Waals surface area (Å²) in [7, 11) is 1.58. The van der Waals surface area contributed by atoms with E-state index in [1.165, 1.54) is 6.07 Å². The fourth-order valence-electron chi connectivity index (χ4n) is 2.91. The Morgan fingerprint density at radius 2 is 1.92 bits per heavy atom. The predicted octanol–water partition coefficient (Wildman–Crippen LogP) is 4.11. The maximum Gasteiger partial charge on any atom is 0.374 e. The van der Waals surface area contributed by atoms with Crippen molar-refractivity contribution in [2.24, 2.45) is 0 Å². The number of methoxy groups -OCH3 is 1. The molecule has 26 heavy (non-hydrogen) atoms. The Morgan fingerprint density at radius 1 is 1.15 bits per heavy atom. The van der Waals surface area contributed by atoms with Crippen molar-refractivity contribution in [1.82, 2.24) is 0 Å². The molecule has 3 rings (SSSR count). The molecule has 2 aromatic heterocycles. The molecule has 0 fully saturated rings. The van der Waals surface area contributed by atoms with E-state index in [4.69, 9.17) is 18.3 Å². The van der Waals surface area contributed by atoms with E-state index in [1.54, 1.807) is 39.2 Å². The monoisotopic (exact) mass is 356 g/mol. The molecular formula is C20H20O6. The second-order valence-electron chi connectivity index (χ2n) is 5.76. The zero-order valence-corrected chi connectivity index (χ0v) is 15.2. The van der Waals surface area contributed by atoms with Gasteiger partial charge in [-0.15, -0.1) is 0 Å². The van der Waals surface area contributed by atoms with E-state index >= 15 is 0 Å². The number of fused-ring (bicyclic) bond motifs is 1. The fraction of sp³-hybridized carbons (Fsp3) is 0.300. The first-order valence-corrected chi connectivity index (χ1v) is 8.41. The van der Waals surface area contributed by atoms with Gasteiger partial charge in [0.15, 0.2) is 0 Å². The van der Waals surface area contributed by atoms with Crippen LogP contribution in [-0.4, -0.2) is 19.7 Å². The van der Waals surface area contributed by atoms with Gasteiger partial charge in [-0.05, 0) is 44.0 Å². The van der Waals surface area contributed by atoms with E-state index in [-0.39, 0.29) is 23.6 Å². The average Bonchev–Trinajstić information content (AvgIpc) is 3.10. The van der Waals surface area contributed by atoms with Crippen LogP contribution in [-0.2, 0) is 11.2 Å². The third-order valence-corrected chi connectivity index (χ3v) is 4.18. The van der Waals surface area contributed by atoms with Crippen molar-refractivity contribution < 1.29 is 23.1 Å². The Morgan fingerprint density at radius 3 is 2.58 bits per heavy atom. The van der Waals surface area contributed by atoms with Crippen molar-refractivity contribution >= 4 is 16.9 Å². The van der Waals surface area contributed by atoms with Gasteiger partial charge in [-0.25, -0.2) is 4.79 Å². The first-order chi connectivity index (χ1) is 12.5. The highest BCUT2D eigenvalue weighted by Crippen LogP contribution is 2.30. The SMILES string of the molecule is CCOC(=O)c1ccc(-c2c(C)oc3cc(OC)c(CC)cc3c2=O)o1. The summed E-state index contributed by atoms with van der Waals surface area (Å²) in [4.78, 5) is 24.8. The van der Waals surface area contributed by atoms with E-state index < -0.39 is 5.97 Å². The molecule has 0 unspecified atom stereocenters. The van der Waals surface area contributed by atoms with Gasteiger partial charge < -0.3 is 18.3 Å². The highest BCUT2D eigenvalue weighted by atomic mass is 16.5. The van der Waals surface area contributed by atoms with Gasteiger partial charge >= 0.3 is 5.97 Å². The van der Waals surface area contributed by atoms with Crippen LogP contribution in [0.4, 0.5) is 0 Å². The van der Waals surface area contributed by atoms with Crippen LogP contribution < -0.4 is 10.2 Å². The number of esters is 1. The van der Waals surface area contributed by atoms with Gasteiger partial charge in [0.25, 0.3) is 0 Å². The number of carbonyl (C=O) groups is 1. The minimum atomic E-state index is -0.570. The summed E-state index contributed by atoms with van der Waals surface area (Å²) in [5.41, 5.74) is 1.43. The van der Waals surface area contributed by atoms with Crippen LogP contribution in [0.5, 0.6) is 5.75 Å². The fourth-order valence-corrected chi connectivity index (χ4v) is 2.91. The van der Waals surface area contributed by atoms with E-state index in [2.05, 4.69) is 0 Å². The second-order valence-corrected chi connectivity index (χ2v) is 5.76. The van der Waals surface area contributed by atoms with Crippen LogP contribution in [0.3, 0.4) is 0 Å². The Bertz CT molecular complexity index is 1020. The first kappa shape index (κ1) is 17.8. The molecule has 0 aliphatic rings. The second kappa shape index (κ2) is 7.07. The van der Waals surface area contributed by atoms with E-state index in [0.29, 0.717) is 28.0 Å². The molecule has 0 bridgehead atoms. The van der Waals surface area contributed by atoms with Gasteiger partial charge in [0.05, 0.1) is 19.1 Å². The van der Waals surface area contributed by atoms with Crippen LogP contribution in [0.1, 0.15) is 35.7 Å². The van der Waals surface area contributed by atoms with Gasteiger partial charge in [0.2, 0.25) is 11.2 Å². The molecule has 0 amide bonds. The van der Waals surface area contributed by atoms with Crippen molar-refractivity contribution in [3.63, 3.8) is 0 Å². The molecule has 0 N–H and O–H groups in total. The van der Waals surface area contributed by atoms with Gasteiger partial charge in [0.1, 0.15) is 28.4 Å². The number of rotatable bonds is 5. The molecule has 0 radical (unpaired) electrons. The summed E-state index contributed by atoms with van der Waals surface area (Å²) in [5, 5.41) is 0.442. The lowest BCUT2D eigenvalue weighted by Crippen LogP contribution is -2.08. The normalized spacial score (nSPS) is 10.9. The maximum atomic E-state index is 13.0. The number of furan rings is 1. The minimum absolute atomic E-state index is 0.0460. The van der Waals surface area contributed by atoms with Gasteiger partial charge in [-0.1, -0.05) is 6.92 Å².